The molecule has 0 amide bonds. The summed E-state index contributed by atoms with van der Waals surface area (Å²) in [6.45, 7) is 0. The molecule has 0 bridgehead atoms. The zero-order valence-electron chi connectivity index (χ0n) is 16.7. The number of pyridine rings is 2. The molecule has 0 aliphatic rings. The lowest BCUT2D eigenvalue weighted by atomic mass is 10.2. The molecule has 184 valence electrons. The highest BCUT2D eigenvalue weighted by Crippen LogP contribution is 2.29. The van der Waals surface area contributed by atoms with Gasteiger partial charge in [-0.05, 0) is 48.5 Å². The molecule has 0 saturated heterocycles. The average molecular weight is 520 g/mol. The van der Waals surface area contributed by atoms with Crippen LogP contribution in [0.1, 0.15) is 0 Å². The van der Waals surface area contributed by atoms with E-state index in [1.165, 1.54) is 0 Å². The Bertz CT molecular complexity index is 1570. The van der Waals surface area contributed by atoms with Crippen molar-refractivity contribution in [3.63, 3.8) is 0 Å². The van der Waals surface area contributed by atoms with Crippen molar-refractivity contribution in [3.8, 4) is 11.5 Å². The minimum atomic E-state index is -5.03. The minimum Gasteiger partial charge on any atom is -0.406 e. The van der Waals surface area contributed by atoms with Crippen LogP contribution in [0.25, 0.3) is 21.8 Å². The Hall–Kier alpha value is -4.01. The Kier molecular flexibility index (Phi) is 5.54. The third-order valence-corrected chi connectivity index (χ3v) is 6.37. The van der Waals surface area contributed by atoms with Gasteiger partial charge < -0.3 is 19.4 Å². The van der Waals surface area contributed by atoms with Gasteiger partial charge in [0.15, 0.2) is 0 Å². The van der Waals surface area contributed by atoms with E-state index in [9.17, 15) is 44.3 Å². The number of fused-ring (bicyclic) bond motifs is 2. The summed E-state index contributed by atoms with van der Waals surface area (Å²) in [5, 5.41) is -0.328. The van der Waals surface area contributed by atoms with Crippen molar-refractivity contribution in [1.29, 1.82) is 0 Å². The summed E-state index contributed by atoms with van der Waals surface area (Å²) >= 11 is 0. The van der Waals surface area contributed by atoms with E-state index in [-0.39, 0.29) is 21.8 Å². The number of ether oxygens (including phenoxy) is 2. The predicted octanol–water partition coefficient (Wildman–Crippen LogP) is 4.00. The molecule has 0 fully saturated rings. The molecule has 0 aliphatic carbocycles. The van der Waals surface area contributed by atoms with Crippen LogP contribution in [-0.2, 0) is 9.84 Å². The maximum Gasteiger partial charge on any atom is 0.573 e. The highest BCUT2D eigenvalue weighted by molar-refractivity contribution is 7.91. The first kappa shape index (κ1) is 24.1. The van der Waals surface area contributed by atoms with Crippen LogP contribution in [0.3, 0.4) is 0 Å². The Morgan fingerprint density at radius 3 is 1.34 bits per heavy atom. The fourth-order valence-electron chi connectivity index (χ4n) is 3.24. The summed E-state index contributed by atoms with van der Waals surface area (Å²) in [5.41, 5.74) is -2.42. The molecule has 15 heteroatoms. The molecule has 0 aliphatic heterocycles. The van der Waals surface area contributed by atoms with Gasteiger partial charge in [0.25, 0.3) is 11.1 Å². The van der Waals surface area contributed by atoms with Crippen LogP contribution in [0, 0.1) is 0 Å². The molecule has 2 N–H and O–H groups in total. The first-order valence-electron chi connectivity index (χ1n) is 9.23. The minimum absolute atomic E-state index is 0.0233. The van der Waals surface area contributed by atoms with E-state index in [0.717, 1.165) is 48.5 Å². The normalized spacial score (nSPS) is 12.7. The highest BCUT2D eigenvalue weighted by Gasteiger charge is 2.32. The van der Waals surface area contributed by atoms with Crippen molar-refractivity contribution < 1.29 is 44.2 Å². The fourth-order valence-corrected chi connectivity index (χ4v) is 4.63. The molecule has 0 unspecified atom stereocenters. The molecule has 0 saturated carbocycles. The van der Waals surface area contributed by atoms with Crippen molar-refractivity contribution in [1.82, 2.24) is 9.97 Å². The Morgan fingerprint density at radius 1 is 0.629 bits per heavy atom. The van der Waals surface area contributed by atoms with Crippen LogP contribution in [0.2, 0.25) is 0 Å². The van der Waals surface area contributed by atoms with E-state index >= 15 is 0 Å². The standard InChI is InChI=1S/C20H10F6N2O6S/c21-19(22,23)33-11-1-3-13-9(5-11)7-15(17(29)27-13)35(31,32)16-8-10-6-12(34-20(24,25)26)2-4-14(10)28-18(16)30/h1-8H,(H,27,29)(H,28,30). The van der Waals surface area contributed by atoms with Crippen LogP contribution in [0.5, 0.6) is 11.5 Å². The smallest absolute Gasteiger partial charge is 0.406 e. The number of aromatic amines is 2. The second-order valence-corrected chi connectivity index (χ2v) is 8.91. The number of rotatable bonds is 4. The van der Waals surface area contributed by atoms with Crippen molar-refractivity contribution in [2.45, 2.75) is 22.5 Å². The summed E-state index contributed by atoms with van der Waals surface area (Å²) in [7, 11) is -4.89. The zero-order valence-corrected chi connectivity index (χ0v) is 17.6. The van der Waals surface area contributed by atoms with E-state index in [0.29, 0.717) is 0 Å². The maximum absolute atomic E-state index is 13.1. The van der Waals surface area contributed by atoms with Crippen molar-refractivity contribution >= 4 is 31.6 Å². The number of hydrogen-bond donors (Lipinski definition) is 2. The molecule has 0 atom stereocenters. The van der Waals surface area contributed by atoms with E-state index in [4.69, 9.17) is 0 Å². The Balaban J connectivity index is 1.86. The first-order chi connectivity index (χ1) is 16.1. The molecular weight excluding hydrogens is 510 g/mol. The number of hydrogen-bond acceptors (Lipinski definition) is 6. The van der Waals surface area contributed by atoms with Gasteiger partial charge in [-0.25, -0.2) is 8.42 Å². The van der Waals surface area contributed by atoms with Crippen LogP contribution in [0.4, 0.5) is 26.3 Å². The highest BCUT2D eigenvalue weighted by atomic mass is 32.2. The van der Waals surface area contributed by atoms with Crippen LogP contribution in [-0.4, -0.2) is 31.1 Å². The molecule has 8 nitrogen and oxygen atoms in total. The van der Waals surface area contributed by atoms with Gasteiger partial charge in [-0.1, -0.05) is 0 Å². The molecular formula is C20H10F6N2O6S. The molecule has 2 aromatic carbocycles. The lowest BCUT2D eigenvalue weighted by Gasteiger charge is -2.11. The second-order valence-electron chi connectivity index (χ2n) is 7.02. The summed E-state index contributed by atoms with van der Waals surface area (Å²) in [5.74, 6) is -1.39. The topological polar surface area (TPSA) is 118 Å². The van der Waals surface area contributed by atoms with Crippen molar-refractivity contribution in [2.24, 2.45) is 0 Å². The monoisotopic (exact) mass is 520 g/mol. The summed E-state index contributed by atoms with van der Waals surface area (Å²) in [6, 6.07) is 7.05. The van der Waals surface area contributed by atoms with E-state index in [2.05, 4.69) is 19.4 Å². The van der Waals surface area contributed by atoms with Crippen molar-refractivity contribution in [2.75, 3.05) is 0 Å². The lowest BCUT2D eigenvalue weighted by molar-refractivity contribution is -0.275. The van der Waals surface area contributed by atoms with Gasteiger partial charge >= 0.3 is 12.7 Å². The summed E-state index contributed by atoms with van der Waals surface area (Å²) in [4.78, 5) is 27.3. The lowest BCUT2D eigenvalue weighted by Crippen LogP contribution is -2.23. The number of nitrogens with one attached hydrogen (secondary N) is 2. The Labute approximate surface area is 189 Å². The SMILES string of the molecule is O=c1[nH]c2ccc(OC(F)(F)F)cc2cc1S(=O)(=O)c1cc2cc(OC(F)(F)F)ccc2[nH]c1=O. The summed E-state index contributed by atoms with van der Waals surface area (Å²) < 4.78 is 109. The molecule has 2 heterocycles. The predicted molar refractivity (Wildman–Crippen MR) is 108 cm³/mol. The zero-order chi connectivity index (χ0) is 25.8. The molecule has 35 heavy (non-hydrogen) atoms. The van der Waals surface area contributed by atoms with Crippen LogP contribution >= 0.6 is 0 Å². The van der Waals surface area contributed by atoms with Gasteiger partial charge in [0.2, 0.25) is 9.84 Å². The molecule has 4 aromatic rings. The van der Waals surface area contributed by atoms with Gasteiger partial charge in [0.05, 0.1) is 0 Å². The van der Waals surface area contributed by atoms with Crippen LogP contribution < -0.4 is 20.6 Å². The quantitative estimate of drug-likeness (QED) is 0.393. The molecule has 0 radical (unpaired) electrons. The first-order valence-corrected chi connectivity index (χ1v) is 10.7. The van der Waals surface area contributed by atoms with Crippen LogP contribution in [0.15, 0.2) is 67.9 Å². The van der Waals surface area contributed by atoms with Gasteiger partial charge in [0, 0.05) is 21.8 Å². The van der Waals surface area contributed by atoms with Gasteiger partial charge in [0.1, 0.15) is 21.3 Å². The molecule has 4 rings (SSSR count). The molecule has 0 spiro atoms. The second kappa shape index (κ2) is 8.04. The number of benzene rings is 2. The van der Waals surface area contributed by atoms with Gasteiger partial charge in [-0.3, -0.25) is 9.59 Å². The Morgan fingerprint density at radius 2 is 1.00 bits per heavy atom. The third kappa shape index (κ3) is 5.08. The third-order valence-electron chi connectivity index (χ3n) is 4.61. The number of alkyl halides is 6. The van der Waals surface area contributed by atoms with E-state index in [1.807, 2.05) is 0 Å². The number of aromatic nitrogens is 2. The van der Waals surface area contributed by atoms with Crippen molar-refractivity contribution in [3.05, 3.63) is 69.2 Å². The van der Waals surface area contributed by atoms with Gasteiger partial charge in [-0.15, -0.1) is 26.3 Å². The largest absolute Gasteiger partial charge is 0.573 e. The van der Waals surface area contributed by atoms with E-state index in [1.54, 1.807) is 0 Å². The number of H-pyrrole nitrogens is 2. The summed E-state index contributed by atoms with van der Waals surface area (Å²) in [6.07, 6.45) is -10.1. The maximum atomic E-state index is 13.1. The van der Waals surface area contributed by atoms with E-state index < -0.39 is 55.0 Å². The molecule has 2 aromatic heterocycles. The fraction of sp³-hybridized carbons (Fsp3) is 0.100. The number of halogens is 6. The van der Waals surface area contributed by atoms with Gasteiger partial charge in [-0.2, -0.15) is 0 Å². The average Bonchev–Trinajstić information content (AvgIpc) is 2.70. The number of sulfone groups is 1.